The summed E-state index contributed by atoms with van der Waals surface area (Å²) in [4.78, 5) is 0. The van der Waals surface area contributed by atoms with Gasteiger partial charge in [-0.15, -0.1) is 0 Å². The third kappa shape index (κ3) is 2.74. The molecule has 0 unspecified atom stereocenters. The van der Waals surface area contributed by atoms with Gasteiger partial charge in [0.25, 0.3) is 0 Å². The van der Waals surface area contributed by atoms with E-state index in [9.17, 15) is 0 Å². The largest absolute Gasteiger partial charge is 0.0843 e. The summed E-state index contributed by atoms with van der Waals surface area (Å²) in [5.74, 6) is 0. The molecule has 0 saturated carbocycles. The van der Waals surface area contributed by atoms with Crippen LogP contribution in [0.3, 0.4) is 0 Å². The Morgan fingerprint density at radius 1 is 0.632 bits per heavy atom. The van der Waals surface area contributed by atoms with Gasteiger partial charge in [-0.25, -0.2) is 0 Å². The Labute approximate surface area is 119 Å². The van der Waals surface area contributed by atoms with Crippen molar-refractivity contribution in [2.45, 2.75) is 25.7 Å². The zero-order valence-electron chi connectivity index (χ0n) is 10.9. The minimum atomic E-state index is 0.807. The van der Waals surface area contributed by atoms with Crippen molar-refractivity contribution in [1.29, 1.82) is 0 Å². The van der Waals surface area contributed by atoms with Gasteiger partial charge in [-0.3, -0.25) is 0 Å². The molecule has 0 spiro atoms. The van der Waals surface area contributed by atoms with E-state index in [1.807, 2.05) is 12.1 Å². The molecule has 96 valence electrons. The van der Waals surface area contributed by atoms with Crippen molar-refractivity contribution in [3.05, 3.63) is 70.7 Å². The third-order valence-electron chi connectivity index (χ3n) is 3.78. The summed E-state index contributed by atoms with van der Waals surface area (Å²) in [6.07, 6.45) is 4.93. The van der Waals surface area contributed by atoms with Crippen LogP contribution in [0, 0.1) is 0 Å². The van der Waals surface area contributed by atoms with E-state index in [-0.39, 0.29) is 0 Å². The lowest BCUT2D eigenvalue weighted by molar-refractivity contribution is 0.753. The van der Waals surface area contributed by atoms with E-state index < -0.39 is 0 Å². The molecule has 19 heavy (non-hydrogen) atoms. The summed E-state index contributed by atoms with van der Waals surface area (Å²) in [7, 11) is 0. The predicted octanol–water partition coefficient (Wildman–Crippen LogP) is 5.82. The number of rotatable bonds is 2. The highest BCUT2D eigenvalue weighted by atomic mass is 35.5. The molecule has 0 amide bonds. The predicted molar refractivity (Wildman–Crippen MR) is 83.2 cm³/mol. The van der Waals surface area contributed by atoms with Crippen LogP contribution < -0.4 is 0 Å². The third-order valence-corrected chi connectivity index (χ3v) is 4.03. The second-order valence-electron chi connectivity index (χ2n) is 5.04. The number of halogens is 1. The minimum Gasteiger partial charge on any atom is -0.0843 e. The Bertz CT molecular complexity index is 579. The van der Waals surface area contributed by atoms with E-state index in [0.29, 0.717) is 0 Å². The lowest BCUT2D eigenvalue weighted by atomic mass is 9.84. The normalized spacial score (nSPS) is 15.6. The van der Waals surface area contributed by atoms with Gasteiger partial charge in [-0.1, -0.05) is 54.1 Å². The SMILES string of the molecule is Clc1ccc(C2=C(c3ccccc3)CCCC2)cc1. The molecule has 1 heteroatoms. The molecule has 0 N–H and O–H groups in total. The molecule has 0 aromatic heterocycles. The molecule has 0 heterocycles. The summed E-state index contributed by atoms with van der Waals surface area (Å²) < 4.78 is 0. The van der Waals surface area contributed by atoms with E-state index in [1.54, 1.807) is 0 Å². The van der Waals surface area contributed by atoms with Crippen molar-refractivity contribution in [3.8, 4) is 0 Å². The summed E-state index contributed by atoms with van der Waals surface area (Å²) in [5, 5.41) is 0.807. The maximum atomic E-state index is 5.99. The van der Waals surface area contributed by atoms with Crippen molar-refractivity contribution >= 4 is 22.7 Å². The van der Waals surface area contributed by atoms with E-state index in [2.05, 4.69) is 42.5 Å². The van der Waals surface area contributed by atoms with Gasteiger partial charge in [0.2, 0.25) is 0 Å². The Morgan fingerprint density at radius 2 is 1.16 bits per heavy atom. The maximum Gasteiger partial charge on any atom is 0.0406 e. The topological polar surface area (TPSA) is 0 Å². The summed E-state index contributed by atoms with van der Waals surface area (Å²) >= 11 is 5.99. The summed E-state index contributed by atoms with van der Waals surface area (Å²) in [6, 6.07) is 19.0. The molecule has 2 aromatic rings. The van der Waals surface area contributed by atoms with E-state index >= 15 is 0 Å². The Hall–Kier alpha value is -1.53. The highest BCUT2D eigenvalue weighted by Crippen LogP contribution is 2.38. The fourth-order valence-electron chi connectivity index (χ4n) is 2.83. The average Bonchev–Trinajstić information content (AvgIpc) is 2.49. The summed E-state index contributed by atoms with van der Waals surface area (Å²) in [6.45, 7) is 0. The smallest absolute Gasteiger partial charge is 0.0406 e. The first kappa shape index (κ1) is 12.5. The van der Waals surface area contributed by atoms with Crippen molar-refractivity contribution in [3.63, 3.8) is 0 Å². The van der Waals surface area contributed by atoms with Crippen LogP contribution in [0.2, 0.25) is 5.02 Å². The van der Waals surface area contributed by atoms with E-state index in [1.165, 1.54) is 48.0 Å². The van der Waals surface area contributed by atoms with Crippen molar-refractivity contribution in [2.24, 2.45) is 0 Å². The molecular weight excluding hydrogens is 252 g/mol. The number of benzene rings is 2. The lowest BCUT2D eigenvalue weighted by Crippen LogP contribution is -1.99. The second-order valence-corrected chi connectivity index (χ2v) is 5.47. The molecule has 0 aliphatic heterocycles. The van der Waals surface area contributed by atoms with Crippen LogP contribution in [0.5, 0.6) is 0 Å². The maximum absolute atomic E-state index is 5.99. The summed E-state index contributed by atoms with van der Waals surface area (Å²) in [5.41, 5.74) is 5.69. The highest BCUT2D eigenvalue weighted by Gasteiger charge is 2.15. The first-order valence-electron chi connectivity index (χ1n) is 6.88. The molecule has 1 aliphatic rings. The molecule has 1 aliphatic carbocycles. The first-order valence-corrected chi connectivity index (χ1v) is 7.26. The average molecular weight is 269 g/mol. The molecule has 0 nitrogen and oxygen atoms in total. The fraction of sp³-hybridized carbons (Fsp3) is 0.222. The van der Waals surface area contributed by atoms with E-state index in [4.69, 9.17) is 11.6 Å². The van der Waals surface area contributed by atoms with Crippen LogP contribution in [0.15, 0.2) is 54.6 Å². The van der Waals surface area contributed by atoms with Gasteiger partial charge in [0.1, 0.15) is 0 Å². The van der Waals surface area contributed by atoms with Crippen LogP contribution in [0.4, 0.5) is 0 Å². The fourth-order valence-corrected chi connectivity index (χ4v) is 2.96. The Kier molecular flexibility index (Phi) is 3.70. The number of allylic oxidation sites excluding steroid dienone is 2. The Morgan fingerprint density at radius 3 is 1.74 bits per heavy atom. The molecule has 0 atom stereocenters. The van der Waals surface area contributed by atoms with Gasteiger partial charge in [-0.2, -0.15) is 0 Å². The molecule has 0 saturated heterocycles. The van der Waals surface area contributed by atoms with Gasteiger partial charge < -0.3 is 0 Å². The van der Waals surface area contributed by atoms with Gasteiger partial charge in [0.05, 0.1) is 0 Å². The van der Waals surface area contributed by atoms with Crippen LogP contribution in [0.1, 0.15) is 36.8 Å². The van der Waals surface area contributed by atoms with Crippen LogP contribution in [-0.2, 0) is 0 Å². The van der Waals surface area contributed by atoms with Gasteiger partial charge in [0.15, 0.2) is 0 Å². The van der Waals surface area contributed by atoms with Crippen LogP contribution in [-0.4, -0.2) is 0 Å². The van der Waals surface area contributed by atoms with Crippen LogP contribution >= 0.6 is 11.6 Å². The van der Waals surface area contributed by atoms with Crippen molar-refractivity contribution in [2.75, 3.05) is 0 Å². The molecule has 2 aromatic carbocycles. The van der Waals surface area contributed by atoms with E-state index in [0.717, 1.165) is 5.02 Å². The quantitative estimate of drug-likeness (QED) is 0.643. The standard InChI is InChI=1S/C18H17Cl/c19-16-12-10-15(11-13-16)18-9-5-4-8-17(18)14-6-2-1-3-7-14/h1-3,6-7,10-13H,4-5,8-9H2. The molecule has 0 fully saturated rings. The minimum absolute atomic E-state index is 0.807. The van der Waals surface area contributed by atoms with Crippen molar-refractivity contribution < 1.29 is 0 Å². The van der Waals surface area contributed by atoms with Gasteiger partial charge in [0, 0.05) is 5.02 Å². The zero-order chi connectivity index (χ0) is 13.1. The first-order chi connectivity index (χ1) is 9.34. The molecule has 0 radical (unpaired) electrons. The van der Waals surface area contributed by atoms with Gasteiger partial charge >= 0.3 is 0 Å². The van der Waals surface area contributed by atoms with Gasteiger partial charge in [-0.05, 0) is 60.1 Å². The highest BCUT2D eigenvalue weighted by molar-refractivity contribution is 6.30. The van der Waals surface area contributed by atoms with Crippen LogP contribution in [0.25, 0.3) is 11.1 Å². The zero-order valence-corrected chi connectivity index (χ0v) is 11.7. The monoisotopic (exact) mass is 268 g/mol. The second kappa shape index (κ2) is 5.63. The Balaban J connectivity index is 2.08. The molecular formula is C18H17Cl. The lowest BCUT2D eigenvalue weighted by Gasteiger charge is -2.21. The van der Waals surface area contributed by atoms with Crippen molar-refractivity contribution in [1.82, 2.24) is 0 Å². The number of hydrogen-bond donors (Lipinski definition) is 0. The molecule has 3 rings (SSSR count). The number of hydrogen-bond acceptors (Lipinski definition) is 0. The molecule has 0 bridgehead atoms.